The maximum Gasteiger partial charge on any atom is 0.214 e. The number of nitrogens with zero attached hydrogens (tertiary/aromatic N) is 1. The number of benzene rings is 2. The van der Waals surface area contributed by atoms with E-state index in [1.54, 1.807) is 0 Å². The molecule has 0 atom stereocenters. The van der Waals surface area contributed by atoms with Gasteiger partial charge in [0.05, 0.1) is 5.56 Å². The Balaban J connectivity index is 1.85. The fourth-order valence-electron chi connectivity index (χ4n) is 5.37. The molecule has 5 rings (SSSR count). The topological polar surface area (TPSA) is 3.88 Å². The molecule has 0 N–H and O–H groups in total. The van der Waals surface area contributed by atoms with Gasteiger partial charge in [0, 0.05) is 24.1 Å². The van der Waals surface area contributed by atoms with Crippen molar-refractivity contribution >= 4 is 0 Å². The molecule has 0 aliphatic heterocycles. The first-order valence-corrected chi connectivity index (χ1v) is 12.8. The summed E-state index contributed by atoms with van der Waals surface area (Å²) in [5, 5.41) is 0. The number of pyridine rings is 1. The lowest BCUT2D eigenvalue weighted by molar-refractivity contribution is -0.675. The van der Waals surface area contributed by atoms with Crippen molar-refractivity contribution in [3.8, 4) is 44.8 Å². The fraction of sp³-hybridized carbons (Fsp3) is 0.206. The first-order valence-electron chi connectivity index (χ1n) is 12.8. The van der Waals surface area contributed by atoms with Crippen LogP contribution in [-0.4, -0.2) is 0 Å². The van der Waals surface area contributed by atoms with E-state index < -0.39 is 0 Å². The first kappa shape index (κ1) is 23.1. The van der Waals surface area contributed by atoms with Crippen LogP contribution in [0.15, 0.2) is 97.1 Å². The van der Waals surface area contributed by atoms with Gasteiger partial charge in [0.1, 0.15) is 6.54 Å². The Morgan fingerprint density at radius 3 is 1.86 bits per heavy atom. The molecule has 0 unspecified atom stereocenters. The molecule has 0 radical (unpaired) electrons. The quantitative estimate of drug-likeness (QED) is 0.225. The van der Waals surface area contributed by atoms with E-state index in [9.17, 15) is 0 Å². The molecule has 0 spiro atoms. The van der Waals surface area contributed by atoms with E-state index in [-0.39, 0.29) is 0 Å². The molecular weight excluding hydrogens is 422 g/mol. The number of rotatable bonds is 6. The summed E-state index contributed by atoms with van der Waals surface area (Å²) in [4.78, 5) is 0. The van der Waals surface area contributed by atoms with Crippen LogP contribution in [0.3, 0.4) is 0 Å². The van der Waals surface area contributed by atoms with Crippen molar-refractivity contribution in [3.05, 3.63) is 114 Å². The minimum absolute atomic E-state index is 0.994. The molecule has 1 heterocycles. The van der Waals surface area contributed by atoms with Gasteiger partial charge in [-0.25, -0.2) is 0 Å². The van der Waals surface area contributed by atoms with Crippen molar-refractivity contribution in [3.63, 3.8) is 0 Å². The van der Waals surface area contributed by atoms with Crippen LogP contribution in [0.5, 0.6) is 0 Å². The number of hydrogen-bond acceptors (Lipinski definition) is 0. The van der Waals surface area contributed by atoms with E-state index in [0.29, 0.717) is 0 Å². The van der Waals surface area contributed by atoms with Crippen LogP contribution in [0.2, 0.25) is 0 Å². The molecule has 2 aromatic carbocycles. The molecule has 35 heavy (non-hydrogen) atoms. The lowest BCUT2D eigenvalue weighted by Gasteiger charge is -2.14. The van der Waals surface area contributed by atoms with Crippen molar-refractivity contribution < 1.29 is 4.57 Å². The third kappa shape index (κ3) is 4.51. The molecule has 1 heteroatoms. The van der Waals surface area contributed by atoms with Gasteiger partial charge in [0.25, 0.3) is 0 Å². The lowest BCUT2D eigenvalue weighted by atomic mass is 9.96. The molecule has 0 amide bonds. The summed E-state index contributed by atoms with van der Waals surface area (Å²) in [5.41, 5.74) is 14.3. The minimum atomic E-state index is 0.994. The van der Waals surface area contributed by atoms with Crippen molar-refractivity contribution in [2.45, 2.75) is 47.1 Å². The Bertz CT molecular complexity index is 1430. The van der Waals surface area contributed by atoms with E-state index in [1.165, 1.54) is 61.5 Å². The summed E-state index contributed by atoms with van der Waals surface area (Å²) < 4.78 is 2.55. The van der Waals surface area contributed by atoms with Crippen LogP contribution in [0.25, 0.3) is 44.8 Å². The summed E-state index contributed by atoms with van der Waals surface area (Å²) >= 11 is 0. The zero-order valence-electron chi connectivity index (χ0n) is 21.3. The number of hydrogen-bond donors (Lipinski definition) is 0. The second-order valence-electron chi connectivity index (χ2n) is 9.69. The molecule has 174 valence electrons. The van der Waals surface area contributed by atoms with Crippen molar-refractivity contribution in [2.24, 2.45) is 0 Å². The zero-order valence-corrected chi connectivity index (χ0v) is 21.3. The van der Waals surface area contributed by atoms with Gasteiger partial charge >= 0.3 is 0 Å². The van der Waals surface area contributed by atoms with Gasteiger partial charge in [-0.3, -0.25) is 0 Å². The Kier molecular flexibility index (Phi) is 6.51. The van der Waals surface area contributed by atoms with Crippen molar-refractivity contribution in [1.82, 2.24) is 0 Å². The van der Waals surface area contributed by atoms with Crippen LogP contribution in [0.4, 0.5) is 0 Å². The molecule has 1 aromatic heterocycles. The molecule has 0 bridgehead atoms. The minimum Gasteiger partial charge on any atom is -0.191 e. The Morgan fingerprint density at radius 1 is 0.571 bits per heavy atom. The zero-order chi connectivity index (χ0) is 24.4. The van der Waals surface area contributed by atoms with Crippen molar-refractivity contribution in [1.29, 1.82) is 0 Å². The van der Waals surface area contributed by atoms with E-state index in [1.807, 2.05) is 0 Å². The van der Waals surface area contributed by atoms with Gasteiger partial charge in [-0.2, -0.15) is 4.57 Å². The molecule has 0 saturated carbocycles. The van der Waals surface area contributed by atoms with Gasteiger partial charge in [0.2, 0.25) is 11.4 Å². The van der Waals surface area contributed by atoms with Gasteiger partial charge in [-0.15, -0.1) is 0 Å². The predicted octanol–water partition coefficient (Wildman–Crippen LogP) is 8.81. The van der Waals surface area contributed by atoms with Gasteiger partial charge in [0.15, 0.2) is 0 Å². The van der Waals surface area contributed by atoms with E-state index >= 15 is 0 Å². The van der Waals surface area contributed by atoms with Crippen LogP contribution in [-0.2, 0) is 6.54 Å². The number of unbranched alkanes of at least 4 members (excludes halogenated alkanes) is 1. The van der Waals surface area contributed by atoms with Gasteiger partial charge in [-0.1, -0.05) is 85.6 Å². The highest BCUT2D eigenvalue weighted by molar-refractivity contribution is 5.89. The molecule has 3 aromatic rings. The van der Waals surface area contributed by atoms with E-state index in [2.05, 4.69) is 129 Å². The second-order valence-corrected chi connectivity index (χ2v) is 9.69. The third-order valence-electron chi connectivity index (χ3n) is 7.02. The van der Waals surface area contributed by atoms with Crippen LogP contribution in [0, 0.1) is 20.8 Å². The molecule has 0 fully saturated rings. The third-order valence-corrected chi connectivity index (χ3v) is 7.02. The molecule has 2 aliphatic rings. The summed E-state index contributed by atoms with van der Waals surface area (Å²) in [5.74, 6) is 0. The van der Waals surface area contributed by atoms with E-state index in [0.717, 1.165) is 19.4 Å². The van der Waals surface area contributed by atoms with Crippen LogP contribution in [0.1, 0.15) is 36.5 Å². The number of aromatic nitrogens is 1. The fourth-order valence-corrected chi connectivity index (χ4v) is 5.37. The van der Waals surface area contributed by atoms with Crippen molar-refractivity contribution in [2.75, 3.05) is 0 Å². The van der Waals surface area contributed by atoms with Gasteiger partial charge < -0.3 is 0 Å². The summed E-state index contributed by atoms with van der Waals surface area (Å²) in [6.07, 6.45) is 2.31. The van der Waals surface area contributed by atoms with Crippen LogP contribution >= 0.6 is 0 Å². The molecule has 0 saturated heterocycles. The highest BCUT2D eigenvalue weighted by Crippen LogP contribution is 2.40. The normalized spacial score (nSPS) is 11.2. The largest absolute Gasteiger partial charge is 0.214 e. The average molecular weight is 457 g/mol. The standard InChI is InChI=1S/C34H34N/c1-5-6-19-35-32(28-15-11-8-12-16-28)22-29(27-13-9-7-10-14-27)23-33(35)31-18-17-30-25(3)20-24(2)21-26(4)34(30)31/h7-18,20-23H,5-6,19H2,1-4H3/q+1. The average Bonchev–Trinajstić information content (AvgIpc) is 3.29. The van der Waals surface area contributed by atoms with Crippen LogP contribution < -0.4 is 4.57 Å². The highest BCUT2D eigenvalue weighted by atomic mass is 15.0. The summed E-state index contributed by atoms with van der Waals surface area (Å²) in [6, 6.07) is 35.7. The number of aryl methyl sites for hydroxylation is 3. The predicted molar refractivity (Wildman–Crippen MR) is 149 cm³/mol. The molecule has 2 aliphatic carbocycles. The summed E-state index contributed by atoms with van der Waals surface area (Å²) in [7, 11) is 0. The lowest BCUT2D eigenvalue weighted by Crippen LogP contribution is -2.39. The molecule has 1 nitrogen and oxygen atoms in total. The monoisotopic (exact) mass is 456 g/mol. The maximum atomic E-state index is 2.55. The Morgan fingerprint density at radius 2 is 1.17 bits per heavy atom. The van der Waals surface area contributed by atoms with Gasteiger partial charge in [-0.05, 0) is 72.4 Å². The smallest absolute Gasteiger partial charge is 0.191 e. The number of fused-ring (bicyclic) bond motifs is 1. The first-order chi connectivity index (χ1) is 17.1. The second kappa shape index (κ2) is 9.88. The molecular formula is C34H34N+. The highest BCUT2D eigenvalue weighted by Gasteiger charge is 2.26. The maximum absolute atomic E-state index is 2.55. The Hall–Kier alpha value is -3.71. The summed E-state index contributed by atoms with van der Waals surface area (Å²) in [6.45, 7) is 9.96. The SMILES string of the molecule is CCCC[n+]1c(-c2ccccc2)cc(-c2ccccc2)cc1-c1ccc2c(C)cc(C)cc(C)c1-2. The Labute approximate surface area is 210 Å². The van der Waals surface area contributed by atoms with E-state index in [4.69, 9.17) is 0 Å².